The second kappa shape index (κ2) is 4.98. The maximum Gasteiger partial charge on any atom is 0.234 e. The Balaban J connectivity index is 1.82. The molecule has 1 heterocycles. The Bertz CT molecular complexity index is 560. The largest absolute Gasteiger partial charge is 0.338 e. The lowest BCUT2D eigenvalue weighted by atomic mass is 10.1. The van der Waals surface area contributed by atoms with E-state index in [-0.39, 0.29) is 5.41 Å². The highest BCUT2D eigenvalue weighted by atomic mass is 32.2. The van der Waals surface area contributed by atoms with Crippen LogP contribution in [0.2, 0.25) is 0 Å². The van der Waals surface area contributed by atoms with Gasteiger partial charge < -0.3 is 10.3 Å². The molecular formula is C14H17N3OS. The Kier molecular flexibility index (Phi) is 3.33. The molecule has 0 bridgehead atoms. The van der Waals surface area contributed by atoms with Gasteiger partial charge in [-0.3, -0.25) is 0 Å². The predicted molar refractivity (Wildman–Crippen MR) is 76.1 cm³/mol. The third-order valence-corrected chi connectivity index (χ3v) is 4.44. The first-order valence-electron chi connectivity index (χ1n) is 6.55. The first-order valence-corrected chi connectivity index (χ1v) is 7.53. The van der Waals surface area contributed by atoms with E-state index in [9.17, 15) is 0 Å². The summed E-state index contributed by atoms with van der Waals surface area (Å²) in [6, 6.07) is 8.26. The molecule has 1 saturated carbocycles. The fourth-order valence-corrected chi connectivity index (χ4v) is 2.74. The zero-order valence-corrected chi connectivity index (χ0v) is 11.7. The molecule has 0 atom stereocenters. The average molecular weight is 275 g/mol. The normalized spacial score (nSPS) is 16.5. The molecule has 1 aliphatic carbocycles. The highest BCUT2D eigenvalue weighted by Gasteiger charge is 2.48. The summed E-state index contributed by atoms with van der Waals surface area (Å²) in [5.41, 5.74) is 6.72. The van der Waals surface area contributed by atoms with Crippen LogP contribution in [0.5, 0.6) is 0 Å². The van der Waals surface area contributed by atoms with Gasteiger partial charge in [-0.05, 0) is 42.9 Å². The van der Waals surface area contributed by atoms with Crippen LogP contribution in [0.1, 0.15) is 25.7 Å². The smallest absolute Gasteiger partial charge is 0.234 e. The number of nitrogens with two attached hydrogens (primary N) is 1. The van der Waals surface area contributed by atoms with Gasteiger partial charge in [0.05, 0.1) is 5.41 Å². The van der Waals surface area contributed by atoms with Crippen molar-refractivity contribution in [1.82, 2.24) is 10.1 Å². The van der Waals surface area contributed by atoms with E-state index >= 15 is 0 Å². The number of hydrogen-bond donors (Lipinski definition) is 1. The van der Waals surface area contributed by atoms with Crippen molar-refractivity contribution in [3.8, 4) is 11.4 Å². The predicted octanol–water partition coefficient (Wildman–Crippen LogP) is 2.84. The highest BCUT2D eigenvalue weighted by Crippen LogP contribution is 2.46. The van der Waals surface area contributed by atoms with E-state index in [1.807, 2.05) is 23.9 Å². The first-order chi connectivity index (χ1) is 9.27. The molecule has 4 nitrogen and oxygen atoms in total. The van der Waals surface area contributed by atoms with Crippen LogP contribution in [0.15, 0.2) is 33.7 Å². The van der Waals surface area contributed by atoms with Crippen LogP contribution in [0.25, 0.3) is 11.4 Å². The van der Waals surface area contributed by atoms with Crippen molar-refractivity contribution in [3.63, 3.8) is 0 Å². The Morgan fingerprint density at radius 3 is 2.63 bits per heavy atom. The van der Waals surface area contributed by atoms with E-state index in [1.165, 1.54) is 4.90 Å². The van der Waals surface area contributed by atoms with Gasteiger partial charge in [0.25, 0.3) is 0 Å². The summed E-state index contributed by atoms with van der Waals surface area (Å²) in [5, 5.41) is 4.07. The number of aromatic nitrogens is 2. The zero-order valence-electron chi connectivity index (χ0n) is 10.9. The van der Waals surface area contributed by atoms with Crippen LogP contribution in [0.4, 0.5) is 0 Å². The topological polar surface area (TPSA) is 64.9 Å². The number of rotatable bonds is 5. The summed E-state index contributed by atoms with van der Waals surface area (Å²) in [7, 11) is 0. The van der Waals surface area contributed by atoms with Crippen LogP contribution >= 0.6 is 11.8 Å². The van der Waals surface area contributed by atoms with Crippen molar-refractivity contribution in [2.24, 2.45) is 5.73 Å². The molecule has 0 unspecified atom stereocenters. The molecule has 3 rings (SSSR count). The maximum absolute atomic E-state index is 5.77. The number of thioether (sulfide) groups is 1. The van der Waals surface area contributed by atoms with Crippen LogP contribution in [0.3, 0.4) is 0 Å². The summed E-state index contributed by atoms with van der Waals surface area (Å²) in [6.07, 6.45) is 2.11. The second-order valence-electron chi connectivity index (χ2n) is 4.86. The van der Waals surface area contributed by atoms with Crippen LogP contribution in [0, 0.1) is 0 Å². The molecule has 0 amide bonds. The minimum atomic E-state index is -0.0384. The van der Waals surface area contributed by atoms with Crippen molar-refractivity contribution in [2.75, 3.05) is 12.3 Å². The molecular weight excluding hydrogens is 258 g/mol. The Morgan fingerprint density at radius 2 is 2.05 bits per heavy atom. The molecule has 5 heteroatoms. The molecule has 1 fully saturated rings. The summed E-state index contributed by atoms with van der Waals surface area (Å²) in [6.45, 7) is 2.73. The Hall–Kier alpha value is -1.33. The lowest BCUT2D eigenvalue weighted by molar-refractivity contribution is 0.347. The molecule has 2 aromatic rings. The monoisotopic (exact) mass is 275 g/mol. The van der Waals surface area contributed by atoms with Gasteiger partial charge in [0, 0.05) is 17.0 Å². The van der Waals surface area contributed by atoms with Crippen molar-refractivity contribution in [3.05, 3.63) is 30.2 Å². The van der Waals surface area contributed by atoms with Crippen molar-refractivity contribution < 1.29 is 4.52 Å². The number of hydrogen-bond acceptors (Lipinski definition) is 5. The zero-order chi connectivity index (χ0) is 13.3. The molecule has 19 heavy (non-hydrogen) atoms. The van der Waals surface area contributed by atoms with E-state index < -0.39 is 0 Å². The minimum absolute atomic E-state index is 0.0384. The van der Waals surface area contributed by atoms with E-state index in [0.717, 1.165) is 24.2 Å². The molecule has 1 aliphatic rings. The molecule has 0 spiro atoms. The summed E-state index contributed by atoms with van der Waals surface area (Å²) < 4.78 is 5.37. The minimum Gasteiger partial charge on any atom is -0.338 e. The lowest BCUT2D eigenvalue weighted by Crippen LogP contribution is -2.19. The van der Waals surface area contributed by atoms with E-state index in [4.69, 9.17) is 10.3 Å². The van der Waals surface area contributed by atoms with E-state index in [0.29, 0.717) is 18.3 Å². The number of nitrogens with zero attached hydrogens (tertiary/aromatic N) is 2. The SMILES string of the molecule is CCSc1ccc(-c2noc(C3(CN)CC3)n2)cc1. The van der Waals surface area contributed by atoms with E-state index in [2.05, 4.69) is 29.2 Å². The third-order valence-electron chi connectivity index (χ3n) is 3.55. The van der Waals surface area contributed by atoms with Crippen LogP contribution in [-0.2, 0) is 5.41 Å². The fraction of sp³-hybridized carbons (Fsp3) is 0.429. The third kappa shape index (κ3) is 2.40. The highest BCUT2D eigenvalue weighted by molar-refractivity contribution is 7.99. The van der Waals surface area contributed by atoms with Gasteiger partial charge in [0.15, 0.2) is 0 Å². The molecule has 2 N–H and O–H groups in total. The quantitative estimate of drug-likeness (QED) is 0.850. The first kappa shape index (κ1) is 12.7. The van der Waals surface area contributed by atoms with Crippen molar-refractivity contribution in [1.29, 1.82) is 0 Å². The van der Waals surface area contributed by atoms with Gasteiger partial charge in [-0.25, -0.2) is 0 Å². The van der Waals surface area contributed by atoms with Crippen LogP contribution in [-0.4, -0.2) is 22.4 Å². The summed E-state index contributed by atoms with van der Waals surface area (Å²) in [4.78, 5) is 5.76. The maximum atomic E-state index is 5.77. The lowest BCUT2D eigenvalue weighted by Gasteiger charge is -2.03. The van der Waals surface area contributed by atoms with E-state index in [1.54, 1.807) is 0 Å². The van der Waals surface area contributed by atoms with Gasteiger partial charge in [0.1, 0.15) is 0 Å². The standard InChI is InChI=1S/C14H17N3OS/c1-2-19-11-5-3-10(4-6-11)12-16-13(18-17-12)14(9-15)7-8-14/h3-6H,2,7-9,15H2,1H3. The van der Waals surface area contributed by atoms with Gasteiger partial charge in [-0.2, -0.15) is 4.98 Å². The molecule has 100 valence electrons. The molecule has 1 aromatic heterocycles. The van der Waals surface area contributed by atoms with Crippen molar-refractivity contribution in [2.45, 2.75) is 30.1 Å². The summed E-state index contributed by atoms with van der Waals surface area (Å²) >= 11 is 1.82. The second-order valence-corrected chi connectivity index (χ2v) is 6.20. The average Bonchev–Trinajstić information content (AvgIpc) is 3.09. The Morgan fingerprint density at radius 1 is 1.32 bits per heavy atom. The Labute approximate surface area is 116 Å². The van der Waals surface area contributed by atoms with Crippen LogP contribution < -0.4 is 5.73 Å². The molecule has 0 radical (unpaired) electrons. The van der Waals surface area contributed by atoms with Gasteiger partial charge in [-0.1, -0.05) is 12.1 Å². The summed E-state index contributed by atoms with van der Waals surface area (Å²) in [5.74, 6) is 2.42. The van der Waals surface area contributed by atoms with Crippen molar-refractivity contribution >= 4 is 11.8 Å². The fourth-order valence-electron chi connectivity index (χ4n) is 2.08. The van der Waals surface area contributed by atoms with Gasteiger partial charge in [0.2, 0.25) is 11.7 Å². The van der Waals surface area contributed by atoms with Gasteiger partial charge in [-0.15, -0.1) is 11.8 Å². The molecule has 0 saturated heterocycles. The molecule has 1 aromatic carbocycles. The number of benzene rings is 1. The molecule has 0 aliphatic heterocycles. The van der Waals surface area contributed by atoms with Gasteiger partial charge >= 0.3 is 0 Å².